The third-order valence-corrected chi connectivity index (χ3v) is 3.15. The van der Waals surface area contributed by atoms with E-state index in [1.807, 2.05) is 30.3 Å². The number of benzene rings is 1. The number of carbonyl (C=O) groups is 3. The largest absolute Gasteiger partial charge is 0.550 e. The van der Waals surface area contributed by atoms with Crippen LogP contribution in [0, 0.1) is 0 Å². The molecule has 0 aliphatic carbocycles. The van der Waals surface area contributed by atoms with Crippen molar-refractivity contribution in [3.63, 3.8) is 0 Å². The smallest absolute Gasteiger partial charge is 0.408 e. The SMILES string of the molecule is CC(C)(C)OC(=O)N[C@@H](Cc1ccccc1)C(=O)NCCCC(=O)[O-]. The summed E-state index contributed by atoms with van der Waals surface area (Å²) in [7, 11) is 0. The van der Waals surface area contributed by atoms with E-state index in [-0.39, 0.29) is 19.4 Å². The lowest BCUT2D eigenvalue weighted by molar-refractivity contribution is -0.305. The summed E-state index contributed by atoms with van der Waals surface area (Å²) < 4.78 is 5.20. The van der Waals surface area contributed by atoms with Crippen molar-refractivity contribution in [3.8, 4) is 0 Å². The number of carboxylic acids is 1. The third kappa shape index (κ3) is 9.34. The minimum atomic E-state index is -1.16. The molecule has 0 radical (unpaired) electrons. The summed E-state index contributed by atoms with van der Waals surface area (Å²) >= 11 is 0. The van der Waals surface area contributed by atoms with Gasteiger partial charge in [-0.1, -0.05) is 30.3 Å². The number of ether oxygens (including phenoxy) is 1. The highest BCUT2D eigenvalue weighted by Gasteiger charge is 2.24. The molecule has 0 bridgehead atoms. The van der Waals surface area contributed by atoms with E-state index in [1.165, 1.54) is 0 Å². The number of rotatable bonds is 8. The molecule has 1 aromatic carbocycles. The zero-order chi connectivity index (χ0) is 18.9. The number of amides is 2. The second kappa shape index (κ2) is 9.66. The Morgan fingerprint density at radius 1 is 1.16 bits per heavy atom. The molecule has 7 heteroatoms. The van der Waals surface area contributed by atoms with E-state index in [2.05, 4.69) is 10.6 Å². The zero-order valence-electron chi connectivity index (χ0n) is 14.8. The summed E-state index contributed by atoms with van der Waals surface area (Å²) in [6.07, 6.45) is -0.257. The summed E-state index contributed by atoms with van der Waals surface area (Å²) in [5, 5.41) is 15.6. The fourth-order valence-corrected chi connectivity index (χ4v) is 2.08. The van der Waals surface area contributed by atoms with Gasteiger partial charge in [-0.3, -0.25) is 4.79 Å². The van der Waals surface area contributed by atoms with E-state index in [1.54, 1.807) is 20.8 Å². The predicted molar refractivity (Wildman–Crippen MR) is 90.6 cm³/mol. The van der Waals surface area contributed by atoms with E-state index in [4.69, 9.17) is 4.74 Å². The first-order valence-corrected chi connectivity index (χ1v) is 8.18. The molecule has 1 atom stereocenters. The Kier molecular flexibility index (Phi) is 7.91. The van der Waals surface area contributed by atoms with Crippen molar-refractivity contribution in [2.45, 2.75) is 51.7 Å². The van der Waals surface area contributed by atoms with Crippen molar-refractivity contribution < 1.29 is 24.2 Å². The summed E-state index contributed by atoms with van der Waals surface area (Å²) in [6, 6.07) is 8.44. The molecule has 138 valence electrons. The number of carbonyl (C=O) groups excluding carboxylic acids is 3. The molecular formula is C18H25N2O5-. The summed E-state index contributed by atoms with van der Waals surface area (Å²) in [5.41, 5.74) is 0.209. The van der Waals surface area contributed by atoms with Crippen LogP contribution >= 0.6 is 0 Å². The molecule has 25 heavy (non-hydrogen) atoms. The first kappa shape index (κ1) is 20.5. The fourth-order valence-electron chi connectivity index (χ4n) is 2.08. The van der Waals surface area contributed by atoms with Crippen molar-refractivity contribution in [2.24, 2.45) is 0 Å². The molecule has 0 heterocycles. The maximum absolute atomic E-state index is 12.3. The average molecular weight is 349 g/mol. The molecule has 0 aliphatic rings. The van der Waals surface area contributed by atoms with Crippen molar-refractivity contribution in [2.75, 3.05) is 6.54 Å². The van der Waals surface area contributed by atoms with Gasteiger partial charge in [-0.15, -0.1) is 0 Å². The van der Waals surface area contributed by atoms with Crippen molar-refractivity contribution >= 4 is 18.0 Å². The van der Waals surface area contributed by atoms with Gasteiger partial charge in [0, 0.05) is 18.9 Å². The molecule has 0 saturated heterocycles. The number of carboxylic acid groups (broad SMARTS) is 1. The standard InChI is InChI=1S/C18H26N2O5/c1-18(2,3)25-17(24)20-14(12-13-8-5-4-6-9-13)16(23)19-11-7-10-15(21)22/h4-6,8-9,14H,7,10-12H2,1-3H3,(H,19,23)(H,20,24)(H,21,22)/p-1/t14-/m0/s1. The number of nitrogens with one attached hydrogen (secondary N) is 2. The van der Waals surface area contributed by atoms with Crippen molar-refractivity contribution in [1.29, 1.82) is 0 Å². The number of aliphatic carboxylic acids is 1. The Morgan fingerprint density at radius 3 is 2.36 bits per heavy atom. The Labute approximate surface area is 147 Å². The van der Waals surface area contributed by atoms with Gasteiger partial charge in [0.25, 0.3) is 0 Å². The quantitative estimate of drug-likeness (QED) is 0.674. The maximum atomic E-state index is 12.3. The number of hydrogen-bond acceptors (Lipinski definition) is 5. The lowest BCUT2D eigenvalue weighted by Gasteiger charge is -2.23. The minimum absolute atomic E-state index is 0.136. The van der Waals surface area contributed by atoms with Crippen molar-refractivity contribution in [1.82, 2.24) is 10.6 Å². The van der Waals surface area contributed by atoms with Gasteiger partial charge < -0.3 is 25.3 Å². The Hall–Kier alpha value is -2.57. The Morgan fingerprint density at radius 2 is 1.80 bits per heavy atom. The van der Waals surface area contributed by atoms with Crippen LogP contribution < -0.4 is 15.7 Å². The number of alkyl carbamates (subject to hydrolysis) is 1. The highest BCUT2D eigenvalue weighted by atomic mass is 16.6. The molecule has 1 rings (SSSR count). The lowest BCUT2D eigenvalue weighted by atomic mass is 10.1. The van der Waals surface area contributed by atoms with E-state index < -0.39 is 29.6 Å². The van der Waals surface area contributed by atoms with Crippen LogP contribution in [0.4, 0.5) is 4.79 Å². The van der Waals surface area contributed by atoms with Crippen LogP contribution in [-0.4, -0.2) is 36.2 Å². The zero-order valence-corrected chi connectivity index (χ0v) is 14.8. The first-order valence-electron chi connectivity index (χ1n) is 8.18. The van der Waals surface area contributed by atoms with Gasteiger partial charge in [0.2, 0.25) is 5.91 Å². The second-order valence-corrected chi connectivity index (χ2v) is 6.66. The van der Waals surface area contributed by atoms with E-state index in [9.17, 15) is 19.5 Å². The summed E-state index contributed by atoms with van der Waals surface area (Å²) in [4.78, 5) is 34.7. The molecule has 0 aromatic heterocycles. The second-order valence-electron chi connectivity index (χ2n) is 6.66. The van der Waals surface area contributed by atoms with Gasteiger partial charge in [-0.2, -0.15) is 0 Å². The molecular weight excluding hydrogens is 324 g/mol. The molecule has 0 spiro atoms. The first-order chi connectivity index (χ1) is 11.7. The van der Waals surface area contributed by atoms with Gasteiger partial charge in [0.05, 0.1) is 0 Å². The third-order valence-electron chi connectivity index (χ3n) is 3.15. The van der Waals surface area contributed by atoms with Crippen LogP contribution in [0.25, 0.3) is 0 Å². The predicted octanol–water partition coefficient (Wildman–Crippen LogP) is 0.769. The van der Waals surface area contributed by atoms with Crippen LogP contribution in [0.5, 0.6) is 0 Å². The van der Waals surface area contributed by atoms with Crippen LogP contribution in [-0.2, 0) is 20.7 Å². The van der Waals surface area contributed by atoms with Crippen molar-refractivity contribution in [3.05, 3.63) is 35.9 Å². The van der Waals surface area contributed by atoms with E-state index >= 15 is 0 Å². The maximum Gasteiger partial charge on any atom is 0.408 e. The van der Waals surface area contributed by atoms with Gasteiger partial charge in [-0.25, -0.2) is 4.79 Å². The van der Waals surface area contributed by atoms with Crippen LogP contribution in [0.1, 0.15) is 39.2 Å². The Balaban J connectivity index is 2.68. The molecule has 0 fully saturated rings. The monoisotopic (exact) mass is 349 g/mol. The molecule has 2 N–H and O–H groups in total. The highest BCUT2D eigenvalue weighted by molar-refractivity contribution is 5.86. The van der Waals surface area contributed by atoms with Gasteiger partial charge >= 0.3 is 6.09 Å². The highest BCUT2D eigenvalue weighted by Crippen LogP contribution is 2.08. The summed E-state index contributed by atoms with van der Waals surface area (Å²) in [6.45, 7) is 5.39. The van der Waals surface area contributed by atoms with Gasteiger partial charge in [0.15, 0.2) is 0 Å². The van der Waals surface area contributed by atoms with E-state index in [0.717, 1.165) is 5.56 Å². The van der Waals surface area contributed by atoms with E-state index in [0.29, 0.717) is 6.42 Å². The Bertz CT molecular complexity index is 581. The summed E-state index contributed by atoms with van der Waals surface area (Å²) in [5.74, 6) is -1.56. The van der Waals surface area contributed by atoms with Crippen LogP contribution in [0.3, 0.4) is 0 Å². The fraction of sp³-hybridized carbons (Fsp3) is 0.500. The van der Waals surface area contributed by atoms with Crippen LogP contribution in [0.2, 0.25) is 0 Å². The van der Waals surface area contributed by atoms with Gasteiger partial charge in [0.1, 0.15) is 11.6 Å². The molecule has 7 nitrogen and oxygen atoms in total. The average Bonchev–Trinajstić information content (AvgIpc) is 2.49. The lowest BCUT2D eigenvalue weighted by Crippen LogP contribution is -2.49. The van der Waals surface area contributed by atoms with Gasteiger partial charge in [-0.05, 0) is 39.2 Å². The normalized spacial score (nSPS) is 12.1. The minimum Gasteiger partial charge on any atom is -0.550 e. The molecule has 1 aromatic rings. The molecule has 0 unspecified atom stereocenters. The number of hydrogen-bond donors (Lipinski definition) is 2. The molecule has 0 aliphatic heterocycles. The molecule has 2 amide bonds. The van der Waals surface area contributed by atoms with Crippen LogP contribution in [0.15, 0.2) is 30.3 Å². The molecule has 0 saturated carbocycles. The topological polar surface area (TPSA) is 108 Å².